The summed E-state index contributed by atoms with van der Waals surface area (Å²) < 4.78 is 9.93. The van der Waals surface area contributed by atoms with E-state index in [0.29, 0.717) is 63.9 Å². The largest absolute Gasteiger partial charge is 0.449 e. The number of methoxy groups -OCH3 is 1. The van der Waals surface area contributed by atoms with Crippen molar-refractivity contribution in [2.24, 2.45) is 0 Å². The first kappa shape index (κ1) is 24.4. The zero-order chi connectivity index (χ0) is 22.6. The summed E-state index contributed by atoms with van der Waals surface area (Å²) in [5.41, 5.74) is 1.31. The molecular formula is C21H33N5O5. The molecule has 1 aromatic carbocycles. The van der Waals surface area contributed by atoms with E-state index in [1.54, 1.807) is 50.2 Å². The standard InChI is InChI=1S/C21H33N5O5/c1-4-31-21(29)24(2)18-8-6-17(7-9-18)23-20(28)26-13-11-25(12-14-26)16-19(27)22-10-5-15-30-3/h6-9H,4-5,10-16H2,1-3H3,(H,22,27)(H,23,28). The molecule has 10 heteroatoms. The Kier molecular flexibility index (Phi) is 10.0. The molecule has 0 bridgehead atoms. The molecule has 31 heavy (non-hydrogen) atoms. The highest BCUT2D eigenvalue weighted by atomic mass is 16.6. The number of anilines is 2. The molecule has 0 atom stereocenters. The number of urea groups is 1. The lowest BCUT2D eigenvalue weighted by atomic mass is 10.2. The predicted molar refractivity (Wildman–Crippen MR) is 118 cm³/mol. The van der Waals surface area contributed by atoms with Gasteiger partial charge in [-0.1, -0.05) is 0 Å². The van der Waals surface area contributed by atoms with Crippen molar-refractivity contribution in [1.29, 1.82) is 0 Å². The highest BCUT2D eigenvalue weighted by molar-refractivity contribution is 5.91. The number of nitrogens with one attached hydrogen (secondary N) is 2. The molecule has 4 amide bonds. The first-order chi connectivity index (χ1) is 14.9. The van der Waals surface area contributed by atoms with Gasteiger partial charge < -0.3 is 25.0 Å². The molecule has 1 aliphatic heterocycles. The van der Waals surface area contributed by atoms with E-state index in [1.165, 1.54) is 4.90 Å². The van der Waals surface area contributed by atoms with E-state index >= 15 is 0 Å². The number of hydrogen-bond acceptors (Lipinski definition) is 6. The molecule has 1 saturated heterocycles. The minimum absolute atomic E-state index is 0.0121. The van der Waals surface area contributed by atoms with E-state index in [9.17, 15) is 14.4 Å². The second kappa shape index (κ2) is 12.8. The van der Waals surface area contributed by atoms with Gasteiger partial charge in [0.05, 0.1) is 13.2 Å². The Morgan fingerprint density at radius 3 is 2.39 bits per heavy atom. The van der Waals surface area contributed by atoms with E-state index < -0.39 is 6.09 Å². The van der Waals surface area contributed by atoms with Gasteiger partial charge in [0, 0.05) is 64.9 Å². The summed E-state index contributed by atoms with van der Waals surface area (Å²) in [5, 5.41) is 5.74. The monoisotopic (exact) mass is 435 g/mol. The fourth-order valence-electron chi connectivity index (χ4n) is 3.11. The first-order valence-corrected chi connectivity index (χ1v) is 10.5. The van der Waals surface area contributed by atoms with E-state index in [0.717, 1.165) is 6.42 Å². The van der Waals surface area contributed by atoms with E-state index in [1.807, 2.05) is 4.90 Å². The van der Waals surface area contributed by atoms with Crippen molar-refractivity contribution in [2.75, 3.05) is 76.9 Å². The molecule has 1 heterocycles. The summed E-state index contributed by atoms with van der Waals surface area (Å²) >= 11 is 0. The predicted octanol–water partition coefficient (Wildman–Crippen LogP) is 1.58. The Morgan fingerprint density at radius 2 is 1.77 bits per heavy atom. The number of nitrogens with zero attached hydrogens (tertiary/aromatic N) is 3. The number of ether oxygens (including phenoxy) is 2. The van der Waals surface area contributed by atoms with Gasteiger partial charge in [-0.15, -0.1) is 0 Å². The van der Waals surface area contributed by atoms with Crippen molar-refractivity contribution >= 4 is 29.4 Å². The molecule has 0 radical (unpaired) electrons. The third kappa shape index (κ3) is 8.06. The van der Waals surface area contributed by atoms with Crippen molar-refractivity contribution in [2.45, 2.75) is 13.3 Å². The SMILES string of the molecule is CCOC(=O)N(C)c1ccc(NC(=O)N2CCN(CC(=O)NCCCOC)CC2)cc1. The quantitative estimate of drug-likeness (QED) is 0.571. The van der Waals surface area contributed by atoms with Crippen LogP contribution in [0.15, 0.2) is 24.3 Å². The zero-order valence-corrected chi connectivity index (χ0v) is 18.6. The molecule has 0 saturated carbocycles. The van der Waals surface area contributed by atoms with Gasteiger partial charge >= 0.3 is 12.1 Å². The molecule has 0 unspecified atom stereocenters. The second-order valence-corrected chi connectivity index (χ2v) is 7.19. The smallest absolute Gasteiger partial charge is 0.413 e. The summed E-state index contributed by atoms with van der Waals surface area (Å²) in [7, 11) is 3.27. The summed E-state index contributed by atoms with van der Waals surface area (Å²) in [4.78, 5) is 41.4. The number of carbonyl (C=O) groups is 3. The van der Waals surface area contributed by atoms with Crippen LogP contribution >= 0.6 is 0 Å². The summed E-state index contributed by atoms with van der Waals surface area (Å²) in [6, 6.07) is 6.79. The van der Waals surface area contributed by atoms with Crippen LogP contribution in [-0.2, 0) is 14.3 Å². The molecule has 0 aliphatic carbocycles. The molecule has 0 spiro atoms. The van der Waals surface area contributed by atoms with Gasteiger partial charge in [0.2, 0.25) is 5.91 Å². The summed E-state index contributed by atoms with van der Waals surface area (Å²) in [6.07, 6.45) is 0.358. The summed E-state index contributed by atoms with van der Waals surface area (Å²) in [6.45, 7) is 6.00. The number of amides is 4. The van der Waals surface area contributed by atoms with E-state index in [-0.39, 0.29) is 11.9 Å². The third-order valence-electron chi connectivity index (χ3n) is 4.92. The lowest BCUT2D eigenvalue weighted by molar-refractivity contribution is -0.122. The molecule has 2 N–H and O–H groups in total. The highest BCUT2D eigenvalue weighted by Crippen LogP contribution is 2.18. The van der Waals surface area contributed by atoms with Gasteiger partial charge in [-0.3, -0.25) is 14.6 Å². The van der Waals surface area contributed by atoms with E-state index in [4.69, 9.17) is 9.47 Å². The van der Waals surface area contributed by atoms with Gasteiger partial charge in [0.15, 0.2) is 0 Å². The average Bonchev–Trinajstić information content (AvgIpc) is 2.77. The van der Waals surface area contributed by atoms with Gasteiger partial charge in [0.1, 0.15) is 0 Å². The number of piperazine rings is 1. The van der Waals surface area contributed by atoms with Crippen molar-refractivity contribution in [1.82, 2.24) is 15.1 Å². The first-order valence-electron chi connectivity index (χ1n) is 10.5. The van der Waals surface area contributed by atoms with Crippen LogP contribution in [0.4, 0.5) is 21.0 Å². The molecule has 2 rings (SSSR count). The zero-order valence-electron chi connectivity index (χ0n) is 18.6. The van der Waals surface area contributed by atoms with E-state index in [2.05, 4.69) is 10.6 Å². The Labute approximate surface area is 183 Å². The van der Waals surface area contributed by atoms with Crippen LogP contribution in [-0.4, -0.2) is 94.5 Å². The van der Waals surface area contributed by atoms with Gasteiger partial charge in [0.25, 0.3) is 0 Å². The molecule has 1 aromatic rings. The van der Waals surface area contributed by atoms with Gasteiger partial charge in [-0.2, -0.15) is 0 Å². The Hall–Kier alpha value is -2.85. The topological polar surface area (TPSA) is 103 Å². The minimum atomic E-state index is -0.430. The second-order valence-electron chi connectivity index (χ2n) is 7.19. The molecule has 1 fully saturated rings. The minimum Gasteiger partial charge on any atom is -0.449 e. The van der Waals surface area contributed by atoms with Crippen LogP contribution < -0.4 is 15.5 Å². The van der Waals surface area contributed by atoms with Crippen molar-refractivity contribution in [3.63, 3.8) is 0 Å². The van der Waals surface area contributed by atoms with Crippen molar-refractivity contribution in [3.05, 3.63) is 24.3 Å². The number of hydrogen-bond donors (Lipinski definition) is 2. The highest BCUT2D eigenvalue weighted by Gasteiger charge is 2.22. The Balaban J connectivity index is 1.74. The van der Waals surface area contributed by atoms with Gasteiger partial charge in [-0.25, -0.2) is 9.59 Å². The number of benzene rings is 1. The summed E-state index contributed by atoms with van der Waals surface area (Å²) in [5.74, 6) is -0.0121. The number of carbonyl (C=O) groups excluding carboxylic acids is 3. The van der Waals surface area contributed by atoms with Crippen molar-refractivity contribution in [3.8, 4) is 0 Å². The van der Waals surface area contributed by atoms with Crippen LogP contribution in [0.25, 0.3) is 0 Å². The lowest BCUT2D eigenvalue weighted by Gasteiger charge is -2.34. The molecular weight excluding hydrogens is 402 g/mol. The third-order valence-corrected chi connectivity index (χ3v) is 4.92. The maximum atomic E-state index is 12.5. The van der Waals surface area contributed by atoms with Crippen molar-refractivity contribution < 1.29 is 23.9 Å². The van der Waals surface area contributed by atoms with Crippen LogP contribution in [0.2, 0.25) is 0 Å². The molecule has 1 aliphatic rings. The Morgan fingerprint density at radius 1 is 1.10 bits per heavy atom. The molecule has 0 aromatic heterocycles. The van der Waals surface area contributed by atoms with Crippen LogP contribution in [0.1, 0.15) is 13.3 Å². The molecule has 10 nitrogen and oxygen atoms in total. The maximum absolute atomic E-state index is 12.5. The van der Waals surface area contributed by atoms with Crippen LogP contribution in [0.3, 0.4) is 0 Å². The van der Waals surface area contributed by atoms with Gasteiger partial charge in [-0.05, 0) is 37.6 Å². The fraction of sp³-hybridized carbons (Fsp3) is 0.571. The lowest BCUT2D eigenvalue weighted by Crippen LogP contribution is -2.52. The maximum Gasteiger partial charge on any atom is 0.413 e. The molecule has 172 valence electrons. The fourth-order valence-corrected chi connectivity index (χ4v) is 3.11. The Bertz CT molecular complexity index is 719. The number of rotatable bonds is 9. The average molecular weight is 436 g/mol. The van der Waals surface area contributed by atoms with Crippen LogP contribution in [0.5, 0.6) is 0 Å². The van der Waals surface area contributed by atoms with Crippen LogP contribution in [0, 0.1) is 0 Å². The normalized spacial score (nSPS) is 14.1.